The monoisotopic (exact) mass is 283 g/mol. The van der Waals surface area contributed by atoms with Gasteiger partial charge >= 0.3 is 5.97 Å². The molecule has 0 spiro atoms. The molecule has 106 valence electrons. The Morgan fingerprint density at radius 1 is 1.33 bits per heavy atom. The SMILES string of the molecule is Cn1cc(CNc2c(C(=O)O)nnc3ccccc23)cn1. The van der Waals surface area contributed by atoms with Crippen molar-refractivity contribution in [2.24, 2.45) is 7.05 Å². The summed E-state index contributed by atoms with van der Waals surface area (Å²) in [5, 5.41) is 24.9. The summed E-state index contributed by atoms with van der Waals surface area (Å²) < 4.78 is 1.69. The van der Waals surface area contributed by atoms with Crippen molar-refractivity contribution in [3.05, 3.63) is 47.9 Å². The van der Waals surface area contributed by atoms with E-state index in [1.165, 1.54) is 0 Å². The van der Waals surface area contributed by atoms with Crippen LogP contribution in [0.15, 0.2) is 36.7 Å². The topological polar surface area (TPSA) is 92.9 Å². The van der Waals surface area contributed by atoms with Gasteiger partial charge in [0.25, 0.3) is 0 Å². The van der Waals surface area contributed by atoms with Gasteiger partial charge in [-0.25, -0.2) is 4.79 Å². The van der Waals surface area contributed by atoms with Crippen LogP contribution in [0, 0.1) is 0 Å². The Labute approximate surface area is 120 Å². The third-order valence-corrected chi connectivity index (χ3v) is 3.10. The van der Waals surface area contributed by atoms with E-state index in [1.54, 1.807) is 16.9 Å². The van der Waals surface area contributed by atoms with Crippen LogP contribution in [-0.2, 0) is 13.6 Å². The van der Waals surface area contributed by atoms with Crippen molar-refractivity contribution < 1.29 is 9.90 Å². The van der Waals surface area contributed by atoms with Gasteiger partial charge < -0.3 is 10.4 Å². The fraction of sp³-hybridized carbons (Fsp3) is 0.143. The van der Waals surface area contributed by atoms with E-state index in [1.807, 2.05) is 31.4 Å². The molecule has 0 aliphatic carbocycles. The molecule has 2 aromatic heterocycles. The van der Waals surface area contributed by atoms with Crippen molar-refractivity contribution >= 4 is 22.6 Å². The lowest BCUT2D eigenvalue weighted by Crippen LogP contribution is -2.10. The van der Waals surface area contributed by atoms with E-state index in [9.17, 15) is 9.90 Å². The van der Waals surface area contributed by atoms with E-state index >= 15 is 0 Å². The molecule has 0 aliphatic heterocycles. The van der Waals surface area contributed by atoms with Crippen LogP contribution in [-0.4, -0.2) is 31.1 Å². The summed E-state index contributed by atoms with van der Waals surface area (Å²) in [7, 11) is 1.83. The van der Waals surface area contributed by atoms with Crippen LogP contribution < -0.4 is 5.32 Å². The Hall–Kier alpha value is -2.96. The minimum atomic E-state index is -1.11. The highest BCUT2D eigenvalue weighted by atomic mass is 16.4. The summed E-state index contributed by atoms with van der Waals surface area (Å²) >= 11 is 0. The fourth-order valence-corrected chi connectivity index (χ4v) is 2.14. The predicted octanol–water partition coefficient (Wildman–Crippen LogP) is 1.67. The van der Waals surface area contributed by atoms with Crippen molar-refractivity contribution in [3.63, 3.8) is 0 Å². The molecule has 3 rings (SSSR count). The number of anilines is 1. The van der Waals surface area contributed by atoms with Crippen LogP contribution in [0.1, 0.15) is 16.1 Å². The van der Waals surface area contributed by atoms with E-state index in [4.69, 9.17) is 0 Å². The van der Waals surface area contributed by atoms with Gasteiger partial charge in [0.15, 0.2) is 5.69 Å². The number of hydrogen-bond donors (Lipinski definition) is 2. The number of aromatic nitrogens is 4. The molecule has 1 aromatic carbocycles. The standard InChI is InChI=1S/C14H13N5O2/c1-19-8-9(7-16-19)6-15-12-10-4-2-3-5-11(10)17-18-13(12)14(20)21/h2-5,7-8H,6H2,1H3,(H,15,17)(H,20,21). The molecule has 0 saturated carbocycles. The van der Waals surface area contributed by atoms with Gasteiger partial charge in [-0.3, -0.25) is 4.68 Å². The average Bonchev–Trinajstić information content (AvgIpc) is 2.90. The molecular weight excluding hydrogens is 270 g/mol. The van der Waals surface area contributed by atoms with Gasteiger partial charge in [0.2, 0.25) is 0 Å². The van der Waals surface area contributed by atoms with Crippen molar-refractivity contribution in [2.45, 2.75) is 6.54 Å². The zero-order chi connectivity index (χ0) is 14.8. The Morgan fingerprint density at radius 2 is 2.14 bits per heavy atom. The maximum Gasteiger partial charge on any atom is 0.358 e. The van der Waals surface area contributed by atoms with Gasteiger partial charge in [0.1, 0.15) is 0 Å². The minimum absolute atomic E-state index is 0.0856. The first-order chi connectivity index (χ1) is 10.1. The summed E-state index contributed by atoms with van der Waals surface area (Å²) in [5.74, 6) is -1.11. The summed E-state index contributed by atoms with van der Waals surface area (Å²) in [6.45, 7) is 0.462. The van der Waals surface area contributed by atoms with E-state index in [-0.39, 0.29) is 5.69 Å². The number of benzene rings is 1. The number of aryl methyl sites for hydroxylation is 1. The normalized spacial score (nSPS) is 10.7. The molecule has 7 nitrogen and oxygen atoms in total. The quantitative estimate of drug-likeness (QED) is 0.756. The van der Waals surface area contributed by atoms with E-state index in [2.05, 4.69) is 20.6 Å². The van der Waals surface area contributed by atoms with Crippen molar-refractivity contribution in [2.75, 3.05) is 5.32 Å². The Morgan fingerprint density at radius 3 is 2.86 bits per heavy atom. The smallest absolute Gasteiger partial charge is 0.358 e. The van der Waals surface area contributed by atoms with Crippen LogP contribution in [0.5, 0.6) is 0 Å². The highest BCUT2D eigenvalue weighted by molar-refractivity contribution is 6.02. The molecule has 0 saturated heterocycles. The number of carboxylic acid groups (broad SMARTS) is 1. The molecular formula is C14H13N5O2. The number of carbonyl (C=O) groups is 1. The van der Waals surface area contributed by atoms with E-state index in [0.717, 1.165) is 10.9 Å². The highest BCUT2D eigenvalue weighted by Crippen LogP contribution is 2.24. The number of fused-ring (bicyclic) bond motifs is 1. The maximum absolute atomic E-state index is 11.3. The largest absolute Gasteiger partial charge is 0.476 e. The molecule has 0 amide bonds. The lowest BCUT2D eigenvalue weighted by atomic mass is 10.1. The molecule has 2 heterocycles. The van der Waals surface area contributed by atoms with Crippen LogP contribution in [0.25, 0.3) is 10.9 Å². The summed E-state index contributed by atoms with van der Waals surface area (Å²) in [6, 6.07) is 7.29. The number of rotatable bonds is 4. The molecule has 0 radical (unpaired) electrons. The molecule has 0 bridgehead atoms. The van der Waals surface area contributed by atoms with Gasteiger partial charge in [0, 0.05) is 30.7 Å². The second kappa shape index (κ2) is 5.20. The minimum Gasteiger partial charge on any atom is -0.476 e. The summed E-state index contributed by atoms with van der Waals surface area (Å²) in [4.78, 5) is 11.3. The first-order valence-electron chi connectivity index (χ1n) is 6.35. The van der Waals surface area contributed by atoms with Crippen LogP contribution >= 0.6 is 0 Å². The molecule has 3 aromatic rings. The summed E-state index contributed by atoms with van der Waals surface area (Å²) in [5.41, 5.74) is 1.99. The molecule has 2 N–H and O–H groups in total. The zero-order valence-corrected chi connectivity index (χ0v) is 11.3. The third-order valence-electron chi connectivity index (χ3n) is 3.10. The number of hydrogen-bond acceptors (Lipinski definition) is 5. The molecule has 0 aliphatic rings. The third kappa shape index (κ3) is 2.53. The predicted molar refractivity (Wildman–Crippen MR) is 77.0 cm³/mol. The summed E-state index contributed by atoms with van der Waals surface area (Å²) in [6.07, 6.45) is 3.59. The molecule has 0 fully saturated rings. The van der Waals surface area contributed by atoms with Crippen LogP contribution in [0.3, 0.4) is 0 Å². The second-order valence-electron chi connectivity index (χ2n) is 4.62. The molecule has 21 heavy (non-hydrogen) atoms. The first-order valence-corrected chi connectivity index (χ1v) is 6.35. The molecule has 7 heteroatoms. The maximum atomic E-state index is 11.3. The van der Waals surface area contributed by atoms with Crippen molar-refractivity contribution in [1.29, 1.82) is 0 Å². The fourth-order valence-electron chi connectivity index (χ4n) is 2.14. The average molecular weight is 283 g/mol. The number of carboxylic acids is 1. The van der Waals surface area contributed by atoms with Crippen LogP contribution in [0.4, 0.5) is 5.69 Å². The van der Waals surface area contributed by atoms with E-state index < -0.39 is 5.97 Å². The second-order valence-corrected chi connectivity index (χ2v) is 4.62. The van der Waals surface area contributed by atoms with Gasteiger partial charge in [-0.1, -0.05) is 18.2 Å². The molecule has 0 atom stereocenters. The van der Waals surface area contributed by atoms with Crippen molar-refractivity contribution in [3.8, 4) is 0 Å². The lowest BCUT2D eigenvalue weighted by Gasteiger charge is -2.10. The van der Waals surface area contributed by atoms with Gasteiger partial charge in [-0.15, -0.1) is 10.2 Å². The number of nitrogens with zero attached hydrogens (tertiary/aromatic N) is 4. The highest BCUT2D eigenvalue weighted by Gasteiger charge is 2.16. The van der Waals surface area contributed by atoms with Crippen LogP contribution in [0.2, 0.25) is 0 Å². The van der Waals surface area contributed by atoms with Gasteiger partial charge in [-0.2, -0.15) is 5.10 Å². The Bertz CT molecular complexity index is 812. The van der Waals surface area contributed by atoms with Crippen molar-refractivity contribution in [1.82, 2.24) is 20.0 Å². The molecule has 0 unspecified atom stereocenters. The first kappa shape index (κ1) is 13.0. The number of aromatic carboxylic acids is 1. The Kier molecular flexibility index (Phi) is 3.23. The zero-order valence-electron chi connectivity index (χ0n) is 11.3. The lowest BCUT2D eigenvalue weighted by molar-refractivity contribution is 0.0690. The Balaban J connectivity index is 2.01. The van der Waals surface area contributed by atoms with Gasteiger partial charge in [-0.05, 0) is 6.07 Å². The number of nitrogens with one attached hydrogen (secondary N) is 1. The van der Waals surface area contributed by atoms with E-state index in [0.29, 0.717) is 17.7 Å². The van der Waals surface area contributed by atoms with Gasteiger partial charge in [0.05, 0.1) is 17.4 Å².